The van der Waals surface area contributed by atoms with Crippen molar-refractivity contribution in [3.8, 4) is 5.75 Å². The summed E-state index contributed by atoms with van der Waals surface area (Å²) in [4.78, 5) is 11.4. The Labute approximate surface area is 161 Å². The SMILES string of the molecule is Cl.O=C(CNS(=O)(=O)c1ccc(OC(F)(F)F)cc1)NCCC1CCNC1. The van der Waals surface area contributed by atoms with Crippen molar-refractivity contribution in [3.05, 3.63) is 24.3 Å². The maximum absolute atomic E-state index is 12.1. The van der Waals surface area contributed by atoms with Crippen molar-refractivity contribution in [2.24, 2.45) is 5.92 Å². The Morgan fingerprint density at radius 1 is 1.26 bits per heavy atom. The lowest BCUT2D eigenvalue weighted by atomic mass is 10.1. The van der Waals surface area contributed by atoms with Gasteiger partial charge < -0.3 is 15.4 Å². The molecule has 1 aliphatic rings. The first kappa shape index (κ1) is 23.5. The zero-order valence-electron chi connectivity index (χ0n) is 14.2. The number of carbonyl (C=O) groups excluding carboxylic acids is 1. The van der Waals surface area contributed by atoms with Gasteiger partial charge in [-0.3, -0.25) is 4.79 Å². The van der Waals surface area contributed by atoms with E-state index in [2.05, 4.69) is 20.1 Å². The minimum Gasteiger partial charge on any atom is -0.406 e. The number of hydrogen-bond acceptors (Lipinski definition) is 5. The van der Waals surface area contributed by atoms with Crippen LogP contribution >= 0.6 is 12.4 Å². The van der Waals surface area contributed by atoms with Gasteiger partial charge in [0.25, 0.3) is 0 Å². The van der Waals surface area contributed by atoms with Gasteiger partial charge in [-0.25, -0.2) is 13.1 Å². The summed E-state index contributed by atoms with van der Waals surface area (Å²) in [6.45, 7) is 1.88. The molecule has 0 bridgehead atoms. The Morgan fingerprint density at radius 3 is 2.48 bits per heavy atom. The third-order valence-corrected chi connectivity index (χ3v) is 5.24. The Kier molecular flexibility index (Phi) is 8.79. The van der Waals surface area contributed by atoms with Gasteiger partial charge >= 0.3 is 6.36 Å². The molecule has 27 heavy (non-hydrogen) atoms. The van der Waals surface area contributed by atoms with E-state index in [0.29, 0.717) is 12.5 Å². The molecule has 0 aliphatic carbocycles. The Bertz CT molecular complexity index is 708. The second kappa shape index (κ2) is 10.1. The molecule has 1 aliphatic heterocycles. The molecule has 1 heterocycles. The van der Waals surface area contributed by atoms with Gasteiger partial charge in [0.05, 0.1) is 11.4 Å². The molecule has 0 radical (unpaired) electrons. The standard InChI is InChI=1S/C15H20F3N3O4S.ClH/c16-15(17,18)25-12-1-3-13(4-2-12)26(23,24)21-10-14(22)20-8-6-11-5-7-19-9-11;/h1-4,11,19,21H,5-10H2,(H,20,22);1H. The number of ether oxygens (including phenoxy) is 1. The Morgan fingerprint density at radius 2 is 1.93 bits per heavy atom. The van der Waals surface area contributed by atoms with Crippen molar-refractivity contribution >= 4 is 28.3 Å². The van der Waals surface area contributed by atoms with Gasteiger partial charge in [0.1, 0.15) is 5.75 Å². The molecule has 0 aromatic heterocycles. The number of rotatable bonds is 8. The van der Waals surface area contributed by atoms with Crippen LogP contribution in [-0.4, -0.2) is 46.9 Å². The quantitative estimate of drug-likeness (QED) is 0.578. The first-order chi connectivity index (χ1) is 12.2. The first-order valence-electron chi connectivity index (χ1n) is 7.98. The third kappa shape index (κ3) is 8.33. The molecule has 12 heteroatoms. The van der Waals surface area contributed by atoms with Crippen molar-refractivity contribution in [3.63, 3.8) is 0 Å². The second-order valence-electron chi connectivity index (χ2n) is 5.84. The van der Waals surface area contributed by atoms with E-state index in [4.69, 9.17) is 0 Å². The fourth-order valence-corrected chi connectivity index (χ4v) is 3.49. The van der Waals surface area contributed by atoms with E-state index in [9.17, 15) is 26.4 Å². The summed E-state index contributed by atoms with van der Waals surface area (Å²) in [6.07, 6.45) is -2.99. The highest BCUT2D eigenvalue weighted by atomic mass is 35.5. The van der Waals surface area contributed by atoms with Crippen LogP contribution < -0.4 is 20.1 Å². The number of amides is 1. The number of sulfonamides is 1. The number of nitrogens with one attached hydrogen (secondary N) is 3. The van der Waals surface area contributed by atoms with E-state index >= 15 is 0 Å². The number of halogens is 4. The van der Waals surface area contributed by atoms with Gasteiger partial charge in [-0.2, -0.15) is 0 Å². The molecular weight excluding hydrogens is 411 g/mol. The lowest BCUT2D eigenvalue weighted by Gasteiger charge is -2.11. The van der Waals surface area contributed by atoms with Crippen LogP contribution in [0.25, 0.3) is 0 Å². The monoisotopic (exact) mass is 431 g/mol. The zero-order chi connectivity index (χ0) is 19.2. The van der Waals surface area contributed by atoms with Gasteiger partial charge in [-0.1, -0.05) is 0 Å². The van der Waals surface area contributed by atoms with Crippen molar-refractivity contribution in [2.45, 2.75) is 24.1 Å². The highest BCUT2D eigenvalue weighted by Gasteiger charge is 2.31. The van der Waals surface area contributed by atoms with Crippen molar-refractivity contribution < 1.29 is 31.1 Å². The van der Waals surface area contributed by atoms with Gasteiger partial charge in [0.15, 0.2) is 0 Å². The fourth-order valence-electron chi connectivity index (χ4n) is 2.50. The lowest BCUT2D eigenvalue weighted by Crippen LogP contribution is -2.37. The summed E-state index contributed by atoms with van der Waals surface area (Å²) in [7, 11) is -4.01. The normalized spacial score (nSPS) is 17.2. The number of hydrogen-bond donors (Lipinski definition) is 3. The highest BCUT2D eigenvalue weighted by Crippen LogP contribution is 2.23. The molecule has 1 fully saturated rings. The maximum Gasteiger partial charge on any atom is 0.573 e. The average molecular weight is 432 g/mol. The topological polar surface area (TPSA) is 96.5 Å². The van der Waals surface area contributed by atoms with Crippen LogP contribution in [0, 0.1) is 5.92 Å². The fraction of sp³-hybridized carbons (Fsp3) is 0.533. The summed E-state index contributed by atoms with van der Waals surface area (Å²) in [5, 5.41) is 5.84. The molecule has 2 rings (SSSR count). The number of carbonyl (C=O) groups is 1. The summed E-state index contributed by atoms with van der Waals surface area (Å²) in [5.74, 6) is -0.503. The predicted octanol–water partition coefficient (Wildman–Crippen LogP) is 1.40. The summed E-state index contributed by atoms with van der Waals surface area (Å²) in [5.41, 5.74) is 0. The number of alkyl halides is 3. The van der Waals surface area contributed by atoms with Crippen LogP contribution in [0.5, 0.6) is 5.75 Å². The Balaban J connectivity index is 0.00000364. The van der Waals surface area contributed by atoms with E-state index in [-0.39, 0.29) is 17.3 Å². The smallest absolute Gasteiger partial charge is 0.406 e. The van der Waals surface area contributed by atoms with Crippen LogP contribution in [0.3, 0.4) is 0 Å². The van der Waals surface area contributed by atoms with Gasteiger partial charge in [-0.05, 0) is 56.1 Å². The summed E-state index contributed by atoms with van der Waals surface area (Å²) < 4.78 is 66.1. The van der Waals surface area contributed by atoms with E-state index in [0.717, 1.165) is 50.2 Å². The molecule has 1 amide bonds. The van der Waals surface area contributed by atoms with Crippen molar-refractivity contribution in [2.75, 3.05) is 26.2 Å². The average Bonchev–Trinajstić information content (AvgIpc) is 3.05. The molecular formula is C15H21ClF3N3O4S. The summed E-state index contributed by atoms with van der Waals surface area (Å²) in [6, 6.07) is 3.71. The van der Waals surface area contributed by atoms with Crippen molar-refractivity contribution in [1.82, 2.24) is 15.4 Å². The summed E-state index contributed by atoms with van der Waals surface area (Å²) >= 11 is 0. The van der Waals surface area contributed by atoms with Crippen LogP contribution in [0.2, 0.25) is 0 Å². The van der Waals surface area contributed by atoms with Crippen LogP contribution in [-0.2, 0) is 14.8 Å². The number of benzene rings is 1. The minimum absolute atomic E-state index is 0. The van der Waals surface area contributed by atoms with Crippen LogP contribution in [0.15, 0.2) is 29.2 Å². The second-order valence-corrected chi connectivity index (χ2v) is 7.61. The zero-order valence-corrected chi connectivity index (χ0v) is 15.8. The molecule has 1 aromatic carbocycles. The van der Waals surface area contributed by atoms with Gasteiger partial charge in [-0.15, -0.1) is 25.6 Å². The van der Waals surface area contributed by atoms with Gasteiger partial charge in [0, 0.05) is 6.54 Å². The molecule has 1 aromatic rings. The highest BCUT2D eigenvalue weighted by molar-refractivity contribution is 7.89. The van der Waals surface area contributed by atoms with E-state index < -0.39 is 34.6 Å². The van der Waals surface area contributed by atoms with Gasteiger partial charge in [0.2, 0.25) is 15.9 Å². The minimum atomic E-state index is -4.86. The molecule has 7 nitrogen and oxygen atoms in total. The molecule has 0 spiro atoms. The van der Waals surface area contributed by atoms with E-state index in [1.807, 2.05) is 0 Å². The third-order valence-electron chi connectivity index (χ3n) is 3.83. The first-order valence-corrected chi connectivity index (χ1v) is 9.47. The molecule has 3 N–H and O–H groups in total. The Hall–Kier alpha value is -1.56. The molecule has 1 atom stereocenters. The molecule has 1 saturated heterocycles. The van der Waals surface area contributed by atoms with Crippen LogP contribution in [0.1, 0.15) is 12.8 Å². The largest absolute Gasteiger partial charge is 0.573 e. The van der Waals surface area contributed by atoms with Crippen molar-refractivity contribution in [1.29, 1.82) is 0 Å². The predicted molar refractivity (Wildman–Crippen MR) is 94.2 cm³/mol. The maximum atomic E-state index is 12.1. The molecule has 1 unspecified atom stereocenters. The lowest BCUT2D eigenvalue weighted by molar-refractivity contribution is -0.274. The van der Waals surface area contributed by atoms with E-state index in [1.165, 1.54) is 0 Å². The van der Waals surface area contributed by atoms with Crippen LogP contribution in [0.4, 0.5) is 13.2 Å². The molecule has 0 saturated carbocycles. The molecule has 154 valence electrons. The van der Waals surface area contributed by atoms with E-state index in [1.54, 1.807) is 0 Å².